The number of aromatic nitrogens is 1. The van der Waals surface area contributed by atoms with Crippen LogP contribution >= 0.6 is 11.8 Å². The number of likely N-dealkylation sites (N-methyl/N-ethyl adjacent to an activating group) is 1. The molecule has 1 aromatic carbocycles. The molecule has 0 unspecified atom stereocenters. The van der Waals surface area contributed by atoms with Crippen LogP contribution < -0.4 is 4.90 Å². The average molecular weight is 301 g/mol. The number of benzene rings is 1. The molecule has 1 aromatic heterocycles. The molecular formula is C17H23N3S. The van der Waals surface area contributed by atoms with Crippen molar-refractivity contribution in [1.29, 1.82) is 0 Å². The van der Waals surface area contributed by atoms with Crippen molar-refractivity contribution in [1.82, 2.24) is 9.88 Å². The third-order valence-electron chi connectivity index (χ3n) is 4.26. The Bertz CT molecular complexity index is 641. The molecule has 1 aliphatic rings. The Hall–Kier alpha value is -1.26. The molecule has 2 aromatic rings. The van der Waals surface area contributed by atoms with Gasteiger partial charge < -0.3 is 9.80 Å². The van der Waals surface area contributed by atoms with Gasteiger partial charge in [-0.3, -0.25) is 0 Å². The van der Waals surface area contributed by atoms with Crippen molar-refractivity contribution in [3.63, 3.8) is 0 Å². The number of thioether (sulfide) groups is 1. The minimum Gasteiger partial charge on any atom is -0.355 e. The van der Waals surface area contributed by atoms with Crippen molar-refractivity contribution in [2.24, 2.45) is 0 Å². The molecule has 1 aliphatic heterocycles. The minimum atomic E-state index is 1.07. The Kier molecular flexibility index (Phi) is 4.36. The summed E-state index contributed by atoms with van der Waals surface area (Å²) in [6, 6.07) is 8.72. The highest BCUT2D eigenvalue weighted by Crippen LogP contribution is 2.29. The van der Waals surface area contributed by atoms with Gasteiger partial charge in [-0.25, -0.2) is 4.98 Å². The minimum absolute atomic E-state index is 1.07. The highest BCUT2D eigenvalue weighted by molar-refractivity contribution is 7.98. The first kappa shape index (κ1) is 14.7. The summed E-state index contributed by atoms with van der Waals surface area (Å²) in [5, 5.41) is 1.28. The molecule has 0 atom stereocenters. The SMILES string of the molecule is CSc1cccc2c(C)cc(N3CCCN(C)CC3)nc12. The first-order valence-corrected chi connectivity index (χ1v) is 8.79. The second kappa shape index (κ2) is 6.24. The number of rotatable bonds is 2. The Labute approximate surface area is 131 Å². The van der Waals surface area contributed by atoms with Crippen LogP contribution in [-0.4, -0.2) is 49.4 Å². The van der Waals surface area contributed by atoms with E-state index in [4.69, 9.17) is 4.98 Å². The van der Waals surface area contributed by atoms with Crippen LogP contribution in [0.3, 0.4) is 0 Å². The van der Waals surface area contributed by atoms with Gasteiger partial charge in [0.25, 0.3) is 0 Å². The van der Waals surface area contributed by atoms with Gasteiger partial charge in [0.05, 0.1) is 5.52 Å². The number of pyridine rings is 1. The lowest BCUT2D eigenvalue weighted by Gasteiger charge is -2.23. The molecule has 0 radical (unpaired) electrons. The van der Waals surface area contributed by atoms with Crippen LogP contribution in [0.25, 0.3) is 10.9 Å². The highest BCUT2D eigenvalue weighted by atomic mass is 32.2. The predicted octanol–water partition coefficient (Wildman–Crippen LogP) is 3.41. The maximum absolute atomic E-state index is 4.98. The van der Waals surface area contributed by atoms with Crippen LogP contribution in [0.2, 0.25) is 0 Å². The Balaban J connectivity index is 2.03. The molecule has 1 fully saturated rings. The first-order chi connectivity index (χ1) is 10.2. The molecule has 0 N–H and O–H groups in total. The van der Waals surface area contributed by atoms with Crippen molar-refractivity contribution in [2.75, 3.05) is 44.4 Å². The summed E-state index contributed by atoms with van der Waals surface area (Å²) in [6.07, 6.45) is 3.33. The maximum Gasteiger partial charge on any atom is 0.129 e. The van der Waals surface area contributed by atoms with Crippen molar-refractivity contribution >= 4 is 28.5 Å². The van der Waals surface area contributed by atoms with Gasteiger partial charge in [0.1, 0.15) is 5.82 Å². The first-order valence-electron chi connectivity index (χ1n) is 7.57. The zero-order chi connectivity index (χ0) is 14.8. The van der Waals surface area contributed by atoms with Gasteiger partial charge in [-0.15, -0.1) is 11.8 Å². The summed E-state index contributed by atoms with van der Waals surface area (Å²) < 4.78 is 0. The molecule has 0 bridgehead atoms. The lowest BCUT2D eigenvalue weighted by Crippen LogP contribution is -2.29. The molecule has 0 amide bonds. The topological polar surface area (TPSA) is 19.4 Å². The monoisotopic (exact) mass is 301 g/mol. The van der Waals surface area contributed by atoms with Gasteiger partial charge in [0.15, 0.2) is 0 Å². The fourth-order valence-electron chi connectivity index (χ4n) is 2.98. The number of anilines is 1. The number of nitrogens with zero attached hydrogens (tertiary/aromatic N) is 3. The molecule has 3 rings (SSSR count). The summed E-state index contributed by atoms with van der Waals surface area (Å²) in [7, 11) is 2.20. The fraction of sp³-hybridized carbons (Fsp3) is 0.471. The lowest BCUT2D eigenvalue weighted by atomic mass is 10.1. The molecule has 1 saturated heterocycles. The summed E-state index contributed by atoms with van der Waals surface area (Å²) in [6.45, 7) is 6.66. The predicted molar refractivity (Wildman–Crippen MR) is 92.6 cm³/mol. The van der Waals surface area contributed by atoms with Crippen LogP contribution in [0.1, 0.15) is 12.0 Å². The second-order valence-corrected chi connectivity index (χ2v) is 6.65. The number of hydrogen-bond acceptors (Lipinski definition) is 4. The van der Waals surface area contributed by atoms with Crippen LogP contribution in [0.5, 0.6) is 0 Å². The van der Waals surface area contributed by atoms with Gasteiger partial charge in [0, 0.05) is 29.9 Å². The standard InChI is InChI=1S/C17H23N3S/c1-13-12-16(20-9-5-8-19(2)10-11-20)18-17-14(13)6-4-7-15(17)21-3/h4,6-7,12H,5,8-11H2,1-3H3. The van der Waals surface area contributed by atoms with E-state index in [-0.39, 0.29) is 0 Å². The number of para-hydroxylation sites is 1. The van der Waals surface area contributed by atoms with Crippen molar-refractivity contribution < 1.29 is 0 Å². The molecule has 21 heavy (non-hydrogen) atoms. The molecule has 0 saturated carbocycles. The van der Waals surface area contributed by atoms with Crippen LogP contribution in [0.4, 0.5) is 5.82 Å². The zero-order valence-corrected chi connectivity index (χ0v) is 13.9. The Morgan fingerprint density at radius 2 is 2.00 bits per heavy atom. The van der Waals surface area contributed by atoms with Crippen molar-refractivity contribution in [3.05, 3.63) is 29.8 Å². The third kappa shape index (κ3) is 3.01. The van der Waals surface area contributed by atoms with E-state index in [9.17, 15) is 0 Å². The molecule has 0 spiro atoms. The lowest BCUT2D eigenvalue weighted by molar-refractivity contribution is 0.360. The van der Waals surface area contributed by atoms with E-state index < -0.39 is 0 Å². The van der Waals surface area contributed by atoms with E-state index in [0.717, 1.165) is 31.0 Å². The number of fused-ring (bicyclic) bond motifs is 1. The number of aryl methyl sites for hydroxylation is 1. The van der Waals surface area contributed by atoms with E-state index >= 15 is 0 Å². The summed E-state index contributed by atoms with van der Waals surface area (Å²) in [4.78, 5) is 11.1. The summed E-state index contributed by atoms with van der Waals surface area (Å²) in [5.74, 6) is 1.14. The smallest absolute Gasteiger partial charge is 0.129 e. The largest absolute Gasteiger partial charge is 0.355 e. The second-order valence-electron chi connectivity index (χ2n) is 5.80. The van der Waals surface area contributed by atoms with Gasteiger partial charge in [-0.1, -0.05) is 12.1 Å². The van der Waals surface area contributed by atoms with Gasteiger partial charge in [-0.05, 0) is 50.9 Å². The molecule has 2 heterocycles. The summed E-state index contributed by atoms with van der Waals surface area (Å²) >= 11 is 1.78. The Morgan fingerprint density at radius 1 is 1.14 bits per heavy atom. The van der Waals surface area contributed by atoms with E-state index in [1.54, 1.807) is 11.8 Å². The summed E-state index contributed by atoms with van der Waals surface area (Å²) in [5.41, 5.74) is 2.47. The van der Waals surface area contributed by atoms with Crippen LogP contribution in [0.15, 0.2) is 29.2 Å². The number of hydrogen-bond donors (Lipinski definition) is 0. The van der Waals surface area contributed by atoms with E-state index in [2.05, 4.69) is 54.3 Å². The third-order valence-corrected chi connectivity index (χ3v) is 5.03. The zero-order valence-electron chi connectivity index (χ0n) is 13.1. The molecule has 3 nitrogen and oxygen atoms in total. The van der Waals surface area contributed by atoms with E-state index in [1.807, 2.05) is 0 Å². The maximum atomic E-state index is 4.98. The average Bonchev–Trinajstić information content (AvgIpc) is 2.71. The van der Waals surface area contributed by atoms with E-state index in [1.165, 1.54) is 28.8 Å². The molecule has 112 valence electrons. The fourth-order valence-corrected chi connectivity index (χ4v) is 3.54. The van der Waals surface area contributed by atoms with Gasteiger partial charge in [-0.2, -0.15) is 0 Å². The molecule has 0 aliphatic carbocycles. The van der Waals surface area contributed by atoms with Crippen molar-refractivity contribution in [2.45, 2.75) is 18.2 Å². The quantitative estimate of drug-likeness (QED) is 0.791. The normalized spacial score (nSPS) is 17.2. The Morgan fingerprint density at radius 3 is 2.81 bits per heavy atom. The molecular weight excluding hydrogens is 278 g/mol. The van der Waals surface area contributed by atoms with Gasteiger partial charge in [0.2, 0.25) is 0 Å². The van der Waals surface area contributed by atoms with E-state index in [0.29, 0.717) is 0 Å². The molecule has 4 heteroatoms. The van der Waals surface area contributed by atoms with Crippen LogP contribution in [0, 0.1) is 6.92 Å². The van der Waals surface area contributed by atoms with Crippen LogP contribution in [-0.2, 0) is 0 Å². The highest BCUT2D eigenvalue weighted by Gasteiger charge is 2.15. The van der Waals surface area contributed by atoms with Crippen molar-refractivity contribution in [3.8, 4) is 0 Å². The van der Waals surface area contributed by atoms with Gasteiger partial charge >= 0.3 is 0 Å².